The lowest BCUT2D eigenvalue weighted by molar-refractivity contribution is 0.111. The highest BCUT2D eigenvalue weighted by Gasteiger charge is 2.14. The largest absolute Gasteiger partial charge is 0.436 e. The van der Waals surface area contributed by atoms with Gasteiger partial charge in [-0.3, -0.25) is 9.20 Å². The van der Waals surface area contributed by atoms with Crippen LogP contribution in [0.2, 0.25) is 0 Å². The third-order valence-electron chi connectivity index (χ3n) is 2.69. The summed E-state index contributed by atoms with van der Waals surface area (Å²) in [6.45, 7) is 0. The fourth-order valence-corrected chi connectivity index (χ4v) is 2.17. The van der Waals surface area contributed by atoms with E-state index in [0.717, 1.165) is 10.8 Å². The smallest absolute Gasteiger partial charge is 0.249 e. The molecule has 1 aromatic carbocycles. The van der Waals surface area contributed by atoms with Gasteiger partial charge in [0.2, 0.25) is 5.88 Å². The first-order valence-corrected chi connectivity index (χ1v) is 6.43. The number of hydrogen-bond acceptors (Lipinski definition) is 3. The molecule has 0 radical (unpaired) electrons. The van der Waals surface area contributed by atoms with Gasteiger partial charge in [-0.2, -0.15) is 4.98 Å². The van der Waals surface area contributed by atoms with Crippen molar-refractivity contribution in [3.63, 3.8) is 0 Å². The zero-order valence-electron chi connectivity index (χ0n) is 9.79. The molecule has 0 fully saturated rings. The third kappa shape index (κ3) is 2.13. The Balaban J connectivity index is 2.10. The summed E-state index contributed by atoms with van der Waals surface area (Å²) < 4.78 is 8.21. The van der Waals surface area contributed by atoms with E-state index in [1.54, 1.807) is 10.6 Å². The zero-order valence-corrected chi connectivity index (χ0v) is 11.4. The van der Waals surface area contributed by atoms with Gasteiger partial charge in [0.1, 0.15) is 11.4 Å². The van der Waals surface area contributed by atoms with Crippen molar-refractivity contribution in [3.05, 3.63) is 58.8 Å². The SMILES string of the molecule is O=Cc1c(Oc2ccccc2Br)nc2ccccn12. The minimum Gasteiger partial charge on any atom is -0.436 e. The van der Waals surface area contributed by atoms with Gasteiger partial charge >= 0.3 is 0 Å². The molecule has 19 heavy (non-hydrogen) atoms. The van der Waals surface area contributed by atoms with Crippen LogP contribution in [-0.4, -0.2) is 15.7 Å². The molecule has 0 aliphatic rings. The van der Waals surface area contributed by atoms with Crippen LogP contribution in [-0.2, 0) is 0 Å². The summed E-state index contributed by atoms with van der Waals surface area (Å²) in [5.74, 6) is 0.919. The number of carbonyl (C=O) groups is 1. The molecule has 0 atom stereocenters. The van der Waals surface area contributed by atoms with Crippen LogP contribution in [0.4, 0.5) is 0 Å². The Labute approximate surface area is 117 Å². The maximum absolute atomic E-state index is 11.2. The molecule has 0 unspecified atom stereocenters. The van der Waals surface area contributed by atoms with Crippen molar-refractivity contribution in [1.29, 1.82) is 0 Å². The van der Waals surface area contributed by atoms with Gasteiger partial charge in [0.15, 0.2) is 12.0 Å². The Bertz CT molecular complexity index is 752. The van der Waals surface area contributed by atoms with Crippen LogP contribution in [0, 0.1) is 0 Å². The van der Waals surface area contributed by atoms with Gasteiger partial charge in [-0.15, -0.1) is 0 Å². The van der Waals surface area contributed by atoms with E-state index in [2.05, 4.69) is 20.9 Å². The fourth-order valence-electron chi connectivity index (χ4n) is 1.81. The highest BCUT2D eigenvalue weighted by Crippen LogP contribution is 2.30. The monoisotopic (exact) mass is 316 g/mol. The second-order valence-corrected chi connectivity index (χ2v) is 4.74. The summed E-state index contributed by atoms with van der Waals surface area (Å²) in [6.07, 6.45) is 2.52. The number of ether oxygens (including phenoxy) is 1. The second-order valence-electron chi connectivity index (χ2n) is 3.88. The summed E-state index contributed by atoms with van der Waals surface area (Å²) in [7, 11) is 0. The van der Waals surface area contributed by atoms with Gasteiger partial charge in [0.05, 0.1) is 4.47 Å². The minimum absolute atomic E-state index is 0.299. The average molecular weight is 317 g/mol. The molecule has 0 saturated heterocycles. The molecular formula is C14H9BrN2O2. The Morgan fingerprint density at radius 1 is 1.16 bits per heavy atom. The molecule has 0 saturated carbocycles. The molecule has 2 heterocycles. The molecule has 5 heteroatoms. The Hall–Kier alpha value is -2.14. The van der Waals surface area contributed by atoms with Gasteiger partial charge in [-0.25, -0.2) is 0 Å². The molecule has 0 amide bonds. The van der Waals surface area contributed by atoms with Crippen molar-refractivity contribution >= 4 is 27.9 Å². The van der Waals surface area contributed by atoms with Gasteiger partial charge in [0, 0.05) is 6.20 Å². The second kappa shape index (κ2) is 4.85. The first-order chi connectivity index (χ1) is 9.29. The fraction of sp³-hybridized carbons (Fsp3) is 0. The van der Waals surface area contributed by atoms with Crippen LogP contribution in [0.1, 0.15) is 10.5 Å². The van der Waals surface area contributed by atoms with Gasteiger partial charge in [0.25, 0.3) is 0 Å². The van der Waals surface area contributed by atoms with Gasteiger partial charge < -0.3 is 4.74 Å². The summed E-state index contributed by atoms with van der Waals surface area (Å²) in [5, 5.41) is 0. The van der Waals surface area contributed by atoms with Crippen LogP contribution in [0.3, 0.4) is 0 Å². The van der Waals surface area contributed by atoms with Crippen LogP contribution in [0.5, 0.6) is 11.6 Å². The van der Waals surface area contributed by atoms with E-state index in [1.165, 1.54) is 0 Å². The molecule has 4 nitrogen and oxygen atoms in total. The molecule has 0 N–H and O–H groups in total. The highest BCUT2D eigenvalue weighted by molar-refractivity contribution is 9.10. The lowest BCUT2D eigenvalue weighted by Gasteiger charge is -2.04. The van der Waals surface area contributed by atoms with Crippen LogP contribution in [0.15, 0.2) is 53.1 Å². The number of hydrogen-bond donors (Lipinski definition) is 0. The summed E-state index contributed by atoms with van der Waals surface area (Å²) in [6, 6.07) is 12.9. The van der Waals surface area contributed by atoms with Gasteiger partial charge in [-0.1, -0.05) is 18.2 Å². The van der Waals surface area contributed by atoms with E-state index in [4.69, 9.17) is 4.74 Å². The maximum Gasteiger partial charge on any atom is 0.249 e. The molecule has 2 aromatic heterocycles. The summed E-state index contributed by atoms with van der Waals surface area (Å²) in [4.78, 5) is 15.5. The van der Waals surface area contributed by atoms with E-state index in [0.29, 0.717) is 23.0 Å². The molecule has 0 aliphatic carbocycles. The van der Waals surface area contributed by atoms with Crippen LogP contribution >= 0.6 is 15.9 Å². The zero-order chi connectivity index (χ0) is 13.2. The summed E-state index contributed by atoms with van der Waals surface area (Å²) in [5.41, 5.74) is 1.07. The van der Waals surface area contributed by atoms with Crippen molar-refractivity contribution < 1.29 is 9.53 Å². The number of aldehydes is 1. The standard InChI is InChI=1S/C14H9BrN2O2/c15-10-5-1-2-6-12(10)19-14-11(9-18)17-8-4-3-7-13(17)16-14/h1-9H. The van der Waals surface area contributed by atoms with E-state index in [-0.39, 0.29) is 0 Å². The Morgan fingerprint density at radius 3 is 2.74 bits per heavy atom. The lowest BCUT2D eigenvalue weighted by Crippen LogP contribution is -1.93. The van der Waals surface area contributed by atoms with Crippen molar-refractivity contribution in [1.82, 2.24) is 9.38 Å². The normalized spacial score (nSPS) is 10.6. The molecule has 0 bridgehead atoms. The van der Waals surface area contributed by atoms with E-state index < -0.39 is 0 Å². The number of aromatic nitrogens is 2. The molecule has 3 aromatic rings. The van der Waals surface area contributed by atoms with Crippen molar-refractivity contribution in [2.75, 3.05) is 0 Å². The van der Waals surface area contributed by atoms with Crippen molar-refractivity contribution in [2.45, 2.75) is 0 Å². The number of halogens is 1. The predicted octanol–water partition coefficient (Wildman–Crippen LogP) is 3.70. The molecule has 94 valence electrons. The number of rotatable bonds is 3. The summed E-state index contributed by atoms with van der Waals surface area (Å²) >= 11 is 3.40. The molecule has 0 spiro atoms. The molecular weight excluding hydrogens is 308 g/mol. The quantitative estimate of drug-likeness (QED) is 0.692. The number of nitrogens with zero attached hydrogens (tertiary/aromatic N) is 2. The molecule has 3 rings (SSSR count). The van der Waals surface area contributed by atoms with Crippen molar-refractivity contribution in [3.8, 4) is 11.6 Å². The maximum atomic E-state index is 11.2. The highest BCUT2D eigenvalue weighted by atomic mass is 79.9. The average Bonchev–Trinajstić information content (AvgIpc) is 2.78. The van der Waals surface area contributed by atoms with E-state index >= 15 is 0 Å². The molecule has 0 aliphatic heterocycles. The first-order valence-electron chi connectivity index (χ1n) is 5.64. The van der Waals surface area contributed by atoms with E-state index in [9.17, 15) is 4.79 Å². The van der Waals surface area contributed by atoms with Gasteiger partial charge in [-0.05, 0) is 40.2 Å². The number of para-hydroxylation sites is 1. The third-order valence-corrected chi connectivity index (χ3v) is 3.34. The van der Waals surface area contributed by atoms with Crippen molar-refractivity contribution in [2.24, 2.45) is 0 Å². The van der Waals surface area contributed by atoms with E-state index in [1.807, 2.05) is 42.5 Å². The number of benzene rings is 1. The topological polar surface area (TPSA) is 43.6 Å². The number of pyridine rings is 1. The Kier molecular flexibility index (Phi) is 3.05. The number of imidazole rings is 1. The van der Waals surface area contributed by atoms with Crippen LogP contribution in [0.25, 0.3) is 5.65 Å². The first kappa shape index (κ1) is 11.9. The minimum atomic E-state index is 0.299. The Morgan fingerprint density at radius 2 is 1.95 bits per heavy atom. The van der Waals surface area contributed by atoms with Crippen LogP contribution < -0.4 is 4.74 Å². The predicted molar refractivity (Wildman–Crippen MR) is 74.8 cm³/mol. The lowest BCUT2D eigenvalue weighted by atomic mass is 10.3. The number of fused-ring (bicyclic) bond motifs is 1. The number of carbonyl (C=O) groups excluding carboxylic acids is 1.